The molecule has 27 heavy (non-hydrogen) atoms. The third-order valence-corrected chi connectivity index (χ3v) is 3.99. The summed E-state index contributed by atoms with van der Waals surface area (Å²) in [7, 11) is 0. The highest BCUT2D eigenvalue weighted by atomic mass is 16.2. The van der Waals surface area contributed by atoms with Crippen LogP contribution < -0.4 is 16.2 Å². The van der Waals surface area contributed by atoms with Gasteiger partial charge in [-0.3, -0.25) is 18.8 Å². The van der Waals surface area contributed by atoms with E-state index < -0.39 is 11.5 Å². The van der Waals surface area contributed by atoms with Crippen LogP contribution in [0.5, 0.6) is 0 Å². The second-order valence-corrected chi connectivity index (χ2v) is 6.24. The molecular formula is C20H20N4O3. The predicted octanol–water partition coefficient (Wildman–Crippen LogP) is 2.99. The number of rotatable bonds is 5. The number of nitrogens with one attached hydrogen (secondary N) is 2. The third-order valence-electron chi connectivity index (χ3n) is 3.99. The smallest absolute Gasteiger partial charge is 0.270 e. The van der Waals surface area contributed by atoms with Crippen LogP contribution in [-0.2, 0) is 4.79 Å². The fourth-order valence-electron chi connectivity index (χ4n) is 2.66. The molecular weight excluding hydrogens is 344 g/mol. The number of anilines is 2. The van der Waals surface area contributed by atoms with Crippen LogP contribution in [-0.4, -0.2) is 21.2 Å². The van der Waals surface area contributed by atoms with E-state index in [1.807, 2.05) is 13.8 Å². The van der Waals surface area contributed by atoms with Gasteiger partial charge in [0.1, 0.15) is 11.2 Å². The molecule has 2 heterocycles. The molecule has 0 aliphatic carbocycles. The van der Waals surface area contributed by atoms with Crippen LogP contribution >= 0.6 is 0 Å². The molecule has 0 bridgehead atoms. The highest BCUT2D eigenvalue weighted by molar-refractivity contribution is 6.04. The molecule has 2 amide bonds. The topological polar surface area (TPSA) is 92.6 Å². The van der Waals surface area contributed by atoms with Gasteiger partial charge in [-0.15, -0.1) is 0 Å². The summed E-state index contributed by atoms with van der Waals surface area (Å²) in [5.41, 5.74) is 2.01. The minimum Gasteiger partial charge on any atom is -0.326 e. The molecule has 0 radical (unpaired) electrons. The van der Waals surface area contributed by atoms with Crippen molar-refractivity contribution in [3.05, 3.63) is 70.3 Å². The Balaban J connectivity index is 1.82. The standard InChI is InChI=1S/C20H20N4O3/c1-3-5-18(25)22-14-6-4-7-15(11-14)23-19(26)16-12-21-17-10-13(2)8-9-24(17)20(16)27/h4,6-12H,3,5H2,1-2H3,(H,22,25)(H,23,26). The van der Waals surface area contributed by atoms with Crippen molar-refractivity contribution in [1.29, 1.82) is 0 Å². The van der Waals surface area contributed by atoms with Crippen LogP contribution in [0.4, 0.5) is 11.4 Å². The van der Waals surface area contributed by atoms with E-state index in [1.165, 1.54) is 10.6 Å². The first-order chi connectivity index (χ1) is 13.0. The Morgan fingerprint density at radius 2 is 1.85 bits per heavy atom. The van der Waals surface area contributed by atoms with Crippen molar-refractivity contribution in [3.8, 4) is 0 Å². The number of hydrogen-bond acceptors (Lipinski definition) is 4. The van der Waals surface area contributed by atoms with Gasteiger partial charge in [0.05, 0.1) is 0 Å². The number of benzene rings is 1. The Kier molecular flexibility index (Phi) is 5.30. The van der Waals surface area contributed by atoms with E-state index >= 15 is 0 Å². The maximum Gasteiger partial charge on any atom is 0.270 e. The molecule has 0 saturated carbocycles. The van der Waals surface area contributed by atoms with Gasteiger partial charge in [0.2, 0.25) is 5.91 Å². The van der Waals surface area contributed by atoms with Gasteiger partial charge in [0, 0.05) is 30.2 Å². The average Bonchev–Trinajstić information content (AvgIpc) is 2.62. The summed E-state index contributed by atoms with van der Waals surface area (Å²) in [5, 5.41) is 5.45. The lowest BCUT2D eigenvalue weighted by atomic mass is 10.2. The first-order valence-electron chi connectivity index (χ1n) is 8.67. The quantitative estimate of drug-likeness (QED) is 0.728. The molecule has 1 aromatic carbocycles. The number of amides is 2. The minimum absolute atomic E-state index is 0.0585. The molecule has 0 fully saturated rings. The Bertz CT molecular complexity index is 1070. The Labute approximate surface area is 156 Å². The largest absolute Gasteiger partial charge is 0.326 e. The molecule has 7 heteroatoms. The zero-order valence-corrected chi connectivity index (χ0v) is 15.2. The summed E-state index contributed by atoms with van der Waals surface area (Å²) in [6.45, 7) is 3.83. The van der Waals surface area contributed by atoms with E-state index in [0.717, 1.165) is 12.0 Å². The van der Waals surface area contributed by atoms with Crippen LogP contribution in [0, 0.1) is 6.92 Å². The molecule has 3 rings (SSSR count). The van der Waals surface area contributed by atoms with Gasteiger partial charge in [0.15, 0.2) is 0 Å². The summed E-state index contributed by atoms with van der Waals surface area (Å²) < 4.78 is 1.34. The molecule has 0 unspecified atom stereocenters. The lowest BCUT2D eigenvalue weighted by molar-refractivity contribution is -0.116. The zero-order valence-electron chi connectivity index (χ0n) is 15.2. The number of fused-ring (bicyclic) bond motifs is 1. The molecule has 138 valence electrons. The lowest BCUT2D eigenvalue weighted by Crippen LogP contribution is -2.26. The van der Waals surface area contributed by atoms with Crippen molar-refractivity contribution in [2.24, 2.45) is 0 Å². The SMILES string of the molecule is CCCC(=O)Nc1cccc(NC(=O)c2cnc3cc(C)ccn3c2=O)c1. The second kappa shape index (κ2) is 7.82. The second-order valence-electron chi connectivity index (χ2n) is 6.24. The van der Waals surface area contributed by atoms with Crippen LogP contribution in [0.15, 0.2) is 53.6 Å². The van der Waals surface area contributed by atoms with Gasteiger partial charge >= 0.3 is 0 Å². The lowest BCUT2D eigenvalue weighted by Gasteiger charge is -2.09. The van der Waals surface area contributed by atoms with Crippen LogP contribution in [0.25, 0.3) is 5.65 Å². The van der Waals surface area contributed by atoms with Crippen LogP contribution in [0.1, 0.15) is 35.7 Å². The average molecular weight is 364 g/mol. The molecule has 3 aromatic rings. The number of hydrogen-bond donors (Lipinski definition) is 2. The van der Waals surface area contributed by atoms with Crippen LogP contribution in [0.3, 0.4) is 0 Å². The van der Waals surface area contributed by atoms with Gasteiger partial charge in [-0.1, -0.05) is 13.0 Å². The van der Waals surface area contributed by atoms with Crippen molar-refractivity contribution in [1.82, 2.24) is 9.38 Å². The maximum atomic E-state index is 12.6. The molecule has 0 aliphatic rings. The van der Waals surface area contributed by atoms with Gasteiger partial charge in [-0.05, 0) is 49.2 Å². The fourth-order valence-corrected chi connectivity index (χ4v) is 2.66. The predicted molar refractivity (Wildman–Crippen MR) is 104 cm³/mol. The van der Waals surface area contributed by atoms with Crippen molar-refractivity contribution in [3.63, 3.8) is 0 Å². The fraction of sp³-hybridized carbons (Fsp3) is 0.200. The van der Waals surface area contributed by atoms with Crippen molar-refractivity contribution < 1.29 is 9.59 Å². The van der Waals surface area contributed by atoms with Gasteiger partial charge in [-0.2, -0.15) is 0 Å². The minimum atomic E-state index is -0.556. The van der Waals surface area contributed by atoms with Crippen molar-refractivity contribution >= 4 is 28.8 Å². The normalized spacial score (nSPS) is 10.6. The Morgan fingerprint density at radius 1 is 1.11 bits per heavy atom. The molecule has 2 aromatic heterocycles. The molecule has 7 nitrogen and oxygen atoms in total. The summed E-state index contributed by atoms with van der Waals surface area (Å²) in [6.07, 6.45) is 4.05. The van der Waals surface area contributed by atoms with E-state index in [-0.39, 0.29) is 11.5 Å². The first-order valence-corrected chi connectivity index (χ1v) is 8.67. The number of aryl methyl sites for hydroxylation is 1. The van der Waals surface area contributed by atoms with E-state index in [9.17, 15) is 14.4 Å². The van der Waals surface area contributed by atoms with Crippen molar-refractivity contribution in [2.45, 2.75) is 26.7 Å². The summed E-state index contributed by atoms with van der Waals surface area (Å²) >= 11 is 0. The summed E-state index contributed by atoms with van der Waals surface area (Å²) in [6, 6.07) is 10.3. The van der Waals surface area contributed by atoms with Crippen LogP contribution in [0.2, 0.25) is 0 Å². The molecule has 0 atom stereocenters. The number of pyridine rings is 1. The van der Waals surface area contributed by atoms with Gasteiger partial charge < -0.3 is 10.6 Å². The highest BCUT2D eigenvalue weighted by Gasteiger charge is 2.14. The number of nitrogens with zero attached hydrogens (tertiary/aromatic N) is 2. The summed E-state index contributed by atoms with van der Waals surface area (Å²) in [5.74, 6) is -0.646. The van der Waals surface area contributed by atoms with Crippen molar-refractivity contribution in [2.75, 3.05) is 10.6 Å². The van der Waals surface area contributed by atoms with Gasteiger partial charge in [-0.25, -0.2) is 4.98 Å². The van der Waals surface area contributed by atoms with E-state index in [1.54, 1.807) is 42.6 Å². The zero-order chi connectivity index (χ0) is 19.4. The Hall–Kier alpha value is -3.48. The summed E-state index contributed by atoms with van der Waals surface area (Å²) in [4.78, 5) is 41.0. The molecule has 0 spiro atoms. The van der Waals surface area contributed by atoms with E-state index in [2.05, 4.69) is 15.6 Å². The van der Waals surface area contributed by atoms with E-state index in [4.69, 9.17) is 0 Å². The van der Waals surface area contributed by atoms with E-state index in [0.29, 0.717) is 23.4 Å². The molecule has 0 saturated heterocycles. The maximum absolute atomic E-state index is 12.6. The Morgan fingerprint density at radius 3 is 2.59 bits per heavy atom. The number of aromatic nitrogens is 2. The molecule has 2 N–H and O–H groups in total. The first kappa shape index (κ1) is 18.3. The number of carbonyl (C=O) groups is 2. The number of carbonyl (C=O) groups excluding carboxylic acids is 2. The highest BCUT2D eigenvalue weighted by Crippen LogP contribution is 2.16. The molecule has 0 aliphatic heterocycles. The third kappa shape index (κ3) is 4.20. The van der Waals surface area contributed by atoms with Gasteiger partial charge in [0.25, 0.3) is 11.5 Å². The monoisotopic (exact) mass is 364 g/mol.